The lowest BCUT2D eigenvalue weighted by Crippen LogP contribution is -2.52. The Labute approximate surface area is 215 Å². The van der Waals surface area contributed by atoms with E-state index in [1.54, 1.807) is 19.2 Å². The zero-order valence-electron chi connectivity index (χ0n) is 22.1. The molecule has 4 amide bonds. The van der Waals surface area contributed by atoms with Gasteiger partial charge in [0.25, 0.3) is 5.91 Å². The van der Waals surface area contributed by atoms with Crippen LogP contribution in [-0.4, -0.2) is 79.6 Å². The maximum Gasteiger partial charge on any atom is 0.329 e. The van der Waals surface area contributed by atoms with Crippen molar-refractivity contribution in [2.75, 3.05) is 44.8 Å². The van der Waals surface area contributed by atoms with Gasteiger partial charge in [-0.2, -0.15) is 0 Å². The Balaban J connectivity index is 1.42. The molecule has 1 N–H and O–H groups in total. The third-order valence-electron chi connectivity index (χ3n) is 8.03. The van der Waals surface area contributed by atoms with Gasteiger partial charge in [0.2, 0.25) is 5.91 Å². The van der Waals surface area contributed by atoms with Gasteiger partial charge >= 0.3 is 6.03 Å². The highest BCUT2D eigenvalue weighted by atomic mass is 16.5. The number of benzene rings is 1. The minimum absolute atomic E-state index is 0.0146. The Kier molecular flexibility index (Phi) is 9.01. The van der Waals surface area contributed by atoms with Gasteiger partial charge in [-0.3, -0.25) is 9.59 Å². The fourth-order valence-electron chi connectivity index (χ4n) is 6.02. The number of rotatable bonds is 10. The van der Waals surface area contributed by atoms with Crippen LogP contribution in [0.1, 0.15) is 70.3 Å². The van der Waals surface area contributed by atoms with Crippen LogP contribution in [0.15, 0.2) is 24.3 Å². The predicted octanol–water partition coefficient (Wildman–Crippen LogP) is 3.75. The van der Waals surface area contributed by atoms with Gasteiger partial charge in [0.1, 0.15) is 6.04 Å². The van der Waals surface area contributed by atoms with Crippen LogP contribution in [-0.2, 0) is 14.3 Å². The van der Waals surface area contributed by atoms with E-state index in [1.165, 1.54) is 30.6 Å². The van der Waals surface area contributed by atoms with Crippen LogP contribution in [0.4, 0.5) is 10.5 Å². The number of urea groups is 1. The van der Waals surface area contributed by atoms with Crippen molar-refractivity contribution in [1.82, 2.24) is 15.1 Å². The zero-order valence-corrected chi connectivity index (χ0v) is 22.1. The highest BCUT2D eigenvalue weighted by Crippen LogP contribution is 2.32. The molecule has 0 unspecified atom stereocenters. The number of carbonyl (C=O) groups is 3. The molecular weight excluding hydrogens is 456 g/mol. The third kappa shape index (κ3) is 6.09. The van der Waals surface area contributed by atoms with Crippen molar-refractivity contribution in [1.29, 1.82) is 0 Å². The highest BCUT2D eigenvalue weighted by Gasteiger charge is 2.41. The molecule has 8 nitrogen and oxygen atoms in total. The SMILES string of the molecule is COCCCN(C[C@@H]1CCCN2CCCC[C@H]12)C(=O)C[C@@H]1NC(=O)N(c2ccc(C(C)C)cc2)C1=O. The Morgan fingerprint density at radius 3 is 2.58 bits per heavy atom. The lowest BCUT2D eigenvalue weighted by atomic mass is 9.83. The van der Waals surface area contributed by atoms with E-state index >= 15 is 0 Å². The number of fused-ring (bicyclic) bond motifs is 1. The number of hydrogen-bond acceptors (Lipinski definition) is 5. The molecule has 0 saturated carbocycles. The van der Waals surface area contributed by atoms with Gasteiger partial charge in [0.15, 0.2) is 0 Å². The van der Waals surface area contributed by atoms with Crippen molar-refractivity contribution in [3.8, 4) is 0 Å². The monoisotopic (exact) mass is 498 g/mol. The summed E-state index contributed by atoms with van der Waals surface area (Å²) in [6.45, 7) is 8.42. The smallest absolute Gasteiger partial charge is 0.329 e. The molecule has 3 fully saturated rings. The topological polar surface area (TPSA) is 82.2 Å². The molecule has 3 aliphatic heterocycles. The van der Waals surface area contributed by atoms with Crippen LogP contribution in [0.25, 0.3) is 0 Å². The van der Waals surface area contributed by atoms with Crippen molar-refractivity contribution in [3.05, 3.63) is 29.8 Å². The van der Waals surface area contributed by atoms with Gasteiger partial charge < -0.3 is 19.9 Å². The average Bonchev–Trinajstić information content (AvgIpc) is 3.15. The first-order chi connectivity index (χ1) is 17.4. The molecule has 1 aromatic rings. The van der Waals surface area contributed by atoms with E-state index in [0.717, 1.165) is 31.5 Å². The fourth-order valence-corrected chi connectivity index (χ4v) is 6.02. The molecule has 0 spiro atoms. The normalized spacial score (nSPS) is 24.7. The maximum atomic E-state index is 13.5. The Hall–Kier alpha value is -2.45. The number of piperidine rings is 2. The quantitative estimate of drug-likeness (QED) is 0.392. The summed E-state index contributed by atoms with van der Waals surface area (Å²) >= 11 is 0. The van der Waals surface area contributed by atoms with Crippen molar-refractivity contribution >= 4 is 23.5 Å². The van der Waals surface area contributed by atoms with Crippen molar-refractivity contribution in [2.45, 2.75) is 76.8 Å². The number of anilines is 1. The number of ether oxygens (including phenoxy) is 1. The number of nitrogens with zero attached hydrogens (tertiary/aromatic N) is 3. The van der Waals surface area contributed by atoms with E-state index in [-0.39, 0.29) is 18.2 Å². The molecule has 0 bridgehead atoms. The second kappa shape index (κ2) is 12.2. The predicted molar refractivity (Wildman–Crippen MR) is 140 cm³/mol. The Morgan fingerprint density at radius 2 is 1.86 bits per heavy atom. The highest BCUT2D eigenvalue weighted by molar-refractivity contribution is 6.22. The number of nitrogens with one attached hydrogen (secondary N) is 1. The largest absolute Gasteiger partial charge is 0.385 e. The minimum atomic E-state index is -0.836. The Morgan fingerprint density at radius 1 is 1.11 bits per heavy atom. The van der Waals surface area contributed by atoms with E-state index in [2.05, 4.69) is 24.1 Å². The third-order valence-corrected chi connectivity index (χ3v) is 8.03. The number of carbonyl (C=O) groups excluding carboxylic acids is 3. The number of amides is 4. The minimum Gasteiger partial charge on any atom is -0.385 e. The second-order valence-corrected chi connectivity index (χ2v) is 10.8. The van der Waals surface area contributed by atoms with Gasteiger partial charge in [-0.25, -0.2) is 9.69 Å². The van der Waals surface area contributed by atoms with E-state index in [4.69, 9.17) is 4.74 Å². The first-order valence-corrected chi connectivity index (χ1v) is 13.6. The Bertz CT molecular complexity index is 917. The molecule has 3 heterocycles. The summed E-state index contributed by atoms with van der Waals surface area (Å²) in [7, 11) is 1.67. The molecule has 4 rings (SSSR count). The van der Waals surface area contributed by atoms with E-state index in [0.29, 0.717) is 43.3 Å². The van der Waals surface area contributed by atoms with Crippen LogP contribution >= 0.6 is 0 Å². The molecule has 8 heteroatoms. The van der Waals surface area contributed by atoms with Crippen LogP contribution in [0.5, 0.6) is 0 Å². The molecule has 3 aliphatic rings. The molecule has 3 saturated heterocycles. The molecule has 3 atom stereocenters. The zero-order chi connectivity index (χ0) is 25.7. The molecule has 0 aromatic heterocycles. The van der Waals surface area contributed by atoms with Crippen LogP contribution in [0.2, 0.25) is 0 Å². The summed E-state index contributed by atoms with van der Waals surface area (Å²) in [5.41, 5.74) is 1.68. The molecule has 0 aliphatic carbocycles. The van der Waals surface area contributed by atoms with Gasteiger partial charge in [-0.15, -0.1) is 0 Å². The number of hydrogen-bond donors (Lipinski definition) is 1. The van der Waals surface area contributed by atoms with Crippen molar-refractivity contribution in [2.24, 2.45) is 5.92 Å². The van der Waals surface area contributed by atoms with E-state index in [1.807, 2.05) is 17.0 Å². The summed E-state index contributed by atoms with van der Waals surface area (Å²) in [5, 5.41) is 2.75. The van der Waals surface area contributed by atoms with Gasteiger partial charge in [-0.05, 0) is 74.7 Å². The molecule has 198 valence electrons. The summed E-state index contributed by atoms with van der Waals surface area (Å²) in [5.74, 6) is 0.380. The molecular formula is C28H42N4O4. The van der Waals surface area contributed by atoms with Gasteiger partial charge in [0, 0.05) is 32.8 Å². The average molecular weight is 499 g/mol. The molecule has 1 aromatic carbocycles. The maximum absolute atomic E-state index is 13.5. The summed E-state index contributed by atoms with van der Waals surface area (Å²) < 4.78 is 5.23. The lowest BCUT2D eigenvalue weighted by Gasteiger charge is -2.45. The van der Waals surface area contributed by atoms with Crippen LogP contribution in [0.3, 0.4) is 0 Å². The van der Waals surface area contributed by atoms with Crippen LogP contribution in [0, 0.1) is 5.92 Å². The van der Waals surface area contributed by atoms with Gasteiger partial charge in [-0.1, -0.05) is 32.4 Å². The van der Waals surface area contributed by atoms with E-state index < -0.39 is 12.1 Å². The molecule has 0 radical (unpaired) electrons. The first-order valence-electron chi connectivity index (χ1n) is 13.6. The fraction of sp³-hybridized carbons (Fsp3) is 0.679. The van der Waals surface area contributed by atoms with Crippen LogP contribution < -0.4 is 10.2 Å². The lowest BCUT2D eigenvalue weighted by molar-refractivity contribution is -0.135. The first kappa shape index (κ1) is 26.6. The molecule has 36 heavy (non-hydrogen) atoms. The summed E-state index contributed by atoms with van der Waals surface area (Å²) in [4.78, 5) is 45.1. The second-order valence-electron chi connectivity index (χ2n) is 10.8. The van der Waals surface area contributed by atoms with E-state index in [9.17, 15) is 14.4 Å². The summed E-state index contributed by atoms with van der Waals surface area (Å²) in [6, 6.07) is 6.72. The summed E-state index contributed by atoms with van der Waals surface area (Å²) in [6.07, 6.45) is 6.76. The van der Waals surface area contributed by atoms with Gasteiger partial charge in [0.05, 0.1) is 12.1 Å². The van der Waals surface area contributed by atoms with Crippen molar-refractivity contribution < 1.29 is 19.1 Å². The number of imide groups is 1. The van der Waals surface area contributed by atoms with Crippen molar-refractivity contribution in [3.63, 3.8) is 0 Å². The standard InChI is InChI=1S/C28H42N4O4/c1-20(2)21-10-12-23(13-11-21)32-27(34)24(29-28(32)35)18-26(33)31(16-7-17-36-3)19-22-8-6-15-30-14-5-4-9-25(22)30/h10-13,20,22,24-25H,4-9,14-19H2,1-3H3,(H,29,35)/t22-,24-,25+/m0/s1. The number of methoxy groups -OCH3 is 1.